The maximum atomic E-state index is 5.92. The van der Waals surface area contributed by atoms with E-state index >= 15 is 0 Å². The number of H-pyrrole nitrogens is 1. The first-order valence-corrected chi connectivity index (χ1v) is 8.93. The van der Waals surface area contributed by atoms with Crippen molar-refractivity contribution in [2.45, 2.75) is 44.6 Å². The van der Waals surface area contributed by atoms with Crippen LogP contribution in [0.25, 0.3) is 11.2 Å². The molecule has 3 atom stereocenters. The number of hydrogen-bond donors (Lipinski definition) is 3. The molecule has 0 aliphatic heterocycles. The number of nitrogens with zero attached hydrogens (tertiary/aromatic N) is 3. The van der Waals surface area contributed by atoms with Gasteiger partial charge in [0.2, 0.25) is 0 Å². The molecule has 130 valence electrons. The minimum absolute atomic E-state index is 0.333. The molecule has 3 aromatic rings. The highest BCUT2D eigenvalue weighted by Crippen LogP contribution is 2.39. The summed E-state index contributed by atoms with van der Waals surface area (Å²) < 4.78 is 0. The van der Waals surface area contributed by atoms with Gasteiger partial charge >= 0.3 is 0 Å². The third-order valence-electron chi connectivity index (χ3n) is 5.34. The molecule has 2 aromatic heterocycles. The van der Waals surface area contributed by atoms with Crippen LogP contribution in [0.2, 0.25) is 0 Å². The molecular formula is C19H24N6. The van der Waals surface area contributed by atoms with E-state index in [-0.39, 0.29) is 0 Å². The van der Waals surface area contributed by atoms with Crippen molar-refractivity contribution in [3.05, 3.63) is 47.0 Å². The van der Waals surface area contributed by atoms with Crippen LogP contribution >= 0.6 is 0 Å². The molecular weight excluding hydrogens is 312 g/mol. The Balaban J connectivity index is 1.43. The van der Waals surface area contributed by atoms with Crippen molar-refractivity contribution < 1.29 is 0 Å². The van der Waals surface area contributed by atoms with Crippen molar-refractivity contribution in [2.24, 2.45) is 0 Å². The number of hydrogen-bond acceptors (Lipinski definition) is 5. The molecule has 2 heterocycles. The highest BCUT2D eigenvalue weighted by atomic mass is 15.3. The number of fused-ring (bicyclic) bond motifs is 2. The zero-order valence-corrected chi connectivity index (χ0v) is 14.7. The molecule has 1 aliphatic carbocycles. The minimum Gasteiger partial charge on any atom is -0.384 e. The highest BCUT2D eigenvalue weighted by molar-refractivity contribution is 5.76. The van der Waals surface area contributed by atoms with Gasteiger partial charge in [0, 0.05) is 6.04 Å². The third-order valence-corrected chi connectivity index (χ3v) is 5.34. The fourth-order valence-corrected chi connectivity index (χ4v) is 3.97. The summed E-state index contributed by atoms with van der Waals surface area (Å²) in [5.74, 6) is 1.47. The zero-order valence-electron chi connectivity index (χ0n) is 14.7. The molecule has 4 rings (SSSR count). The van der Waals surface area contributed by atoms with Crippen LogP contribution in [0.4, 0.5) is 5.82 Å². The number of rotatable bonds is 5. The summed E-state index contributed by atoms with van der Waals surface area (Å²) in [6.07, 6.45) is 2.18. The van der Waals surface area contributed by atoms with Gasteiger partial charge in [-0.25, -0.2) is 10.1 Å². The van der Waals surface area contributed by atoms with E-state index in [1.54, 1.807) is 0 Å². The summed E-state index contributed by atoms with van der Waals surface area (Å²) in [5.41, 5.74) is 11.4. The van der Waals surface area contributed by atoms with Crippen molar-refractivity contribution in [1.29, 1.82) is 0 Å². The lowest BCUT2D eigenvalue weighted by molar-refractivity contribution is 0.484. The molecule has 25 heavy (non-hydrogen) atoms. The lowest BCUT2D eigenvalue weighted by Crippen LogP contribution is -2.21. The summed E-state index contributed by atoms with van der Waals surface area (Å²) >= 11 is 0. The molecule has 4 N–H and O–H groups in total. The van der Waals surface area contributed by atoms with Crippen molar-refractivity contribution in [3.8, 4) is 0 Å². The standard InChI is InChI=1S/C19H24N6/c1-11(15-10-17(20)22-19-18(15)23-25-24-19)7-8-21-16-9-12(2)13-5-3-4-6-14(13)16/h3-6,10-12,16,21H,7-9H2,1-2H3,(H3,20,22,23,24,25)/t11?,12?,16-/m1/s1. The van der Waals surface area contributed by atoms with Gasteiger partial charge in [0.25, 0.3) is 0 Å². The number of pyridine rings is 1. The molecule has 0 spiro atoms. The largest absolute Gasteiger partial charge is 0.384 e. The van der Waals surface area contributed by atoms with Crippen molar-refractivity contribution >= 4 is 17.0 Å². The number of anilines is 1. The Labute approximate surface area is 147 Å². The van der Waals surface area contributed by atoms with Gasteiger partial charge < -0.3 is 11.1 Å². The summed E-state index contributed by atoms with van der Waals surface area (Å²) in [4.78, 5) is 4.24. The van der Waals surface area contributed by atoms with Gasteiger partial charge in [0.15, 0.2) is 5.65 Å². The van der Waals surface area contributed by atoms with Crippen LogP contribution in [0.3, 0.4) is 0 Å². The Hall–Kier alpha value is -2.47. The predicted octanol–water partition coefficient (Wildman–Crippen LogP) is 3.27. The van der Waals surface area contributed by atoms with E-state index in [0.29, 0.717) is 29.3 Å². The van der Waals surface area contributed by atoms with E-state index in [1.807, 2.05) is 6.07 Å². The van der Waals surface area contributed by atoms with E-state index < -0.39 is 0 Å². The number of nitrogens with two attached hydrogens (primary N) is 1. The SMILES string of the molecule is CC1C[C@@H](NCCC(C)c2cc(N)nc3[nH]nnc23)c2ccccc21. The molecule has 0 bridgehead atoms. The van der Waals surface area contributed by atoms with Crippen LogP contribution in [0.15, 0.2) is 30.3 Å². The molecule has 0 fully saturated rings. The van der Waals surface area contributed by atoms with Gasteiger partial charge in [0.05, 0.1) is 0 Å². The molecule has 0 amide bonds. The fourth-order valence-electron chi connectivity index (χ4n) is 3.97. The van der Waals surface area contributed by atoms with Crippen molar-refractivity contribution in [3.63, 3.8) is 0 Å². The van der Waals surface area contributed by atoms with Crippen molar-refractivity contribution in [1.82, 2.24) is 25.7 Å². The average Bonchev–Trinajstić information content (AvgIpc) is 3.19. The predicted molar refractivity (Wildman–Crippen MR) is 99.3 cm³/mol. The van der Waals surface area contributed by atoms with E-state index in [4.69, 9.17) is 5.73 Å². The van der Waals surface area contributed by atoms with Gasteiger partial charge in [-0.2, -0.15) is 0 Å². The number of benzene rings is 1. The van der Waals surface area contributed by atoms with E-state index in [0.717, 1.165) is 24.0 Å². The van der Waals surface area contributed by atoms with Crippen LogP contribution in [-0.2, 0) is 0 Å². The van der Waals surface area contributed by atoms with Gasteiger partial charge in [-0.1, -0.05) is 43.3 Å². The first-order chi connectivity index (χ1) is 12.1. The normalized spacial score (nSPS) is 20.7. The zero-order chi connectivity index (χ0) is 17.4. The summed E-state index contributed by atoms with van der Waals surface area (Å²) in [6, 6.07) is 11.1. The minimum atomic E-state index is 0.333. The molecule has 6 heteroatoms. The smallest absolute Gasteiger partial charge is 0.178 e. The monoisotopic (exact) mass is 336 g/mol. The lowest BCUT2D eigenvalue weighted by atomic mass is 9.97. The first-order valence-electron chi connectivity index (χ1n) is 8.93. The van der Waals surface area contributed by atoms with E-state index in [1.165, 1.54) is 17.5 Å². The maximum Gasteiger partial charge on any atom is 0.178 e. The topological polar surface area (TPSA) is 92.5 Å². The second-order valence-electron chi connectivity index (χ2n) is 7.11. The Bertz CT molecular complexity index is 887. The number of nitrogen functional groups attached to an aromatic ring is 1. The fraction of sp³-hybridized carbons (Fsp3) is 0.421. The lowest BCUT2D eigenvalue weighted by Gasteiger charge is -2.17. The molecule has 0 saturated carbocycles. The maximum absolute atomic E-state index is 5.92. The van der Waals surface area contributed by atoms with Crippen molar-refractivity contribution in [2.75, 3.05) is 12.3 Å². The summed E-state index contributed by atoms with van der Waals surface area (Å²) in [7, 11) is 0. The molecule has 0 saturated heterocycles. The van der Waals surface area contributed by atoms with E-state index in [9.17, 15) is 0 Å². The van der Waals surface area contributed by atoms with Crippen LogP contribution in [-0.4, -0.2) is 26.9 Å². The second kappa shape index (κ2) is 6.44. The van der Waals surface area contributed by atoms with Crippen LogP contribution in [0, 0.1) is 0 Å². The summed E-state index contributed by atoms with van der Waals surface area (Å²) in [5, 5.41) is 14.6. The molecule has 2 unspecified atom stereocenters. The highest BCUT2D eigenvalue weighted by Gasteiger charge is 2.27. The molecule has 0 radical (unpaired) electrons. The summed E-state index contributed by atoms with van der Waals surface area (Å²) in [6.45, 7) is 5.47. The third kappa shape index (κ3) is 2.98. The van der Waals surface area contributed by atoms with Gasteiger partial charge in [-0.05, 0) is 54.0 Å². The Morgan fingerprint density at radius 1 is 1.32 bits per heavy atom. The molecule has 1 aromatic carbocycles. The van der Waals surface area contributed by atoms with Crippen LogP contribution < -0.4 is 11.1 Å². The second-order valence-corrected chi connectivity index (χ2v) is 7.11. The molecule has 1 aliphatic rings. The Kier molecular flexibility index (Phi) is 4.13. The van der Waals surface area contributed by atoms with E-state index in [2.05, 4.69) is 63.8 Å². The van der Waals surface area contributed by atoms with Crippen LogP contribution in [0.5, 0.6) is 0 Å². The Morgan fingerprint density at radius 2 is 2.12 bits per heavy atom. The number of aromatic nitrogens is 4. The van der Waals surface area contributed by atoms with Gasteiger partial charge in [0.1, 0.15) is 11.3 Å². The quantitative estimate of drug-likeness (QED) is 0.665. The Morgan fingerprint density at radius 3 is 2.96 bits per heavy atom. The van der Waals surface area contributed by atoms with Crippen LogP contribution in [0.1, 0.15) is 61.3 Å². The number of aromatic amines is 1. The molecule has 6 nitrogen and oxygen atoms in total. The first kappa shape index (κ1) is 16.0. The van der Waals surface area contributed by atoms with Gasteiger partial charge in [-0.15, -0.1) is 5.10 Å². The van der Waals surface area contributed by atoms with Gasteiger partial charge in [-0.3, -0.25) is 0 Å². The average molecular weight is 336 g/mol. The number of nitrogens with one attached hydrogen (secondary N) is 2.